The summed E-state index contributed by atoms with van der Waals surface area (Å²) < 4.78 is 7.86. The molecule has 1 aliphatic carbocycles. The molecule has 0 bridgehead atoms. The molecule has 2 aromatic heterocycles. The molecule has 4 heteroatoms. The minimum Gasteiger partial charge on any atom is -0.376 e. The smallest absolute Gasteiger partial charge is 0.151 e. The van der Waals surface area contributed by atoms with Gasteiger partial charge < -0.3 is 9.14 Å². The summed E-state index contributed by atoms with van der Waals surface area (Å²) in [4.78, 5) is 11.5. The van der Waals surface area contributed by atoms with Gasteiger partial charge in [-0.15, -0.1) is 0 Å². The zero-order valence-electron chi connectivity index (χ0n) is 14.2. The topological polar surface area (TPSA) is 54.5 Å². The Bertz CT molecular complexity index is 852. The van der Waals surface area contributed by atoms with Crippen molar-refractivity contribution in [1.82, 2.24) is 4.40 Å². The highest BCUT2D eigenvalue weighted by molar-refractivity contribution is 5.82. The molecule has 124 valence electrons. The van der Waals surface area contributed by atoms with E-state index in [1.54, 1.807) is 0 Å². The standard InChI is InChI=1S/C20H22N2O2/c1-19(2)11-15(4-8-24-19)14-3-7-22-17(9-14)10-16(12-23)18(22)20(13-21)5-6-20/h3,7,9-10,12,15H,4-6,8,11H2,1-2H3. The van der Waals surface area contributed by atoms with Crippen LogP contribution in [0.3, 0.4) is 0 Å². The van der Waals surface area contributed by atoms with Crippen molar-refractivity contribution in [3.8, 4) is 6.07 Å². The molecule has 1 saturated carbocycles. The van der Waals surface area contributed by atoms with E-state index in [1.165, 1.54) is 5.56 Å². The maximum atomic E-state index is 11.5. The quantitative estimate of drug-likeness (QED) is 0.803. The summed E-state index contributed by atoms with van der Waals surface area (Å²) in [7, 11) is 0. The molecule has 4 nitrogen and oxygen atoms in total. The van der Waals surface area contributed by atoms with Gasteiger partial charge in [-0.05, 0) is 69.2 Å². The largest absolute Gasteiger partial charge is 0.376 e. The first-order chi connectivity index (χ1) is 11.5. The molecule has 0 aromatic carbocycles. The lowest BCUT2D eigenvalue weighted by molar-refractivity contribution is -0.0593. The van der Waals surface area contributed by atoms with Crippen molar-refractivity contribution in [3.05, 3.63) is 41.2 Å². The summed E-state index contributed by atoms with van der Waals surface area (Å²) >= 11 is 0. The Morgan fingerprint density at radius 2 is 2.17 bits per heavy atom. The van der Waals surface area contributed by atoms with Gasteiger partial charge in [-0.25, -0.2) is 0 Å². The van der Waals surface area contributed by atoms with Crippen molar-refractivity contribution in [2.75, 3.05) is 6.61 Å². The fourth-order valence-electron chi connectivity index (χ4n) is 4.11. The molecule has 0 radical (unpaired) electrons. The van der Waals surface area contributed by atoms with E-state index < -0.39 is 5.41 Å². The third-order valence-electron chi connectivity index (χ3n) is 5.54. The highest BCUT2D eigenvalue weighted by Crippen LogP contribution is 2.49. The number of nitrogens with zero attached hydrogens (tertiary/aromatic N) is 2. The number of hydrogen-bond acceptors (Lipinski definition) is 3. The van der Waals surface area contributed by atoms with Crippen molar-refractivity contribution in [3.63, 3.8) is 0 Å². The summed E-state index contributed by atoms with van der Waals surface area (Å²) in [6, 6.07) is 8.66. The van der Waals surface area contributed by atoms with E-state index in [4.69, 9.17) is 4.74 Å². The van der Waals surface area contributed by atoms with Crippen LogP contribution in [0.25, 0.3) is 5.52 Å². The average molecular weight is 322 g/mol. The van der Waals surface area contributed by atoms with Gasteiger partial charge in [0.25, 0.3) is 0 Å². The first-order valence-electron chi connectivity index (χ1n) is 8.64. The van der Waals surface area contributed by atoms with Gasteiger partial charge in [0.2, 0.25) is 0 Å². The lowest BCUT2D eigenvalue weighted by Gasteiger charge is -2.35. The van der Waals surface area contributed by atoms with Gasteiger partial charge in [0.05, 0.1) is 22.8 Å². The van der Waals surface area contributed by atoms with E-state index in [9.17, 15) is 10.1 Å². The number of ether oxygens (including phenoxy) is 1. The van der Waals surface area contributed by atoms with E-state index in [0.717, 1.165) is 49.8 Å². The normalized spacial score (nSPS) is 24.5. The Labute approximate surface area is 142 Å². The third-order valence-corrected chi connectivity index (χ3v) is 5.54. The van der Waals surface area contributed by atoms with Crippen LogP contribution < -0.4 is 0 Å². The summed E-state index contributed by atoms with van der Waals surface area (Å²) in [5.41, 5.74) is 3.27. The molecule has 1 saturated heterocycles. The second kappa shape index (κ2) is 5.19. The van der Waals surface area contributed by atoms with Crippen LogP contribution >= 0.6 is 0 Å². The molecule has 1 aliphatic heterocycles. The Morgan fingerprint density at radius 3 is 2.79 bits per heavy atom. The SMILES string of the molecule is CC1(C)CC(c2ccn3c(C4(C#N)CC4)c(C=O)cc3c2)CCO1. The molecule has 24 heavy (non-hydrogen) atoms. The number of pyridine rings is 1. The summed E-state index contributed by atoms with van der Waals surface area (Å²) in [5.74, 6) is 0.475. The highest BCUT2D eigenvalue weighted by Gasteiger charge is 2.48. The Hall–Kier alpha value is -2.12. The monoisotopic (exact) mass is 322 g/mol. The van der Waals surface area contributed by atoms with Crippen molar-refractivity contribution >= 4 is 11.8 Å². The molecule has 2 aliphatic rings. The van der Waals surface area contributed by atoms with Crippen LogP contribution in [0.5, 0.6) is 0 Å². The number of fused-ring (bicyclic) bond motifs is 1. The predicted octanol–water partition coefficient (Wildman–Crippen LogP) is 3.98. The van der Waals surface area contributed by atoms with Crippen molar-refractivity contribution in [2.24, 2.45) is 0 Å². The molecule has 3 heterocycles. The maximum absolute atomic E-state index is 11.5. The number of hydrogen-bond donors (Lipinski definition) is 0. The molecular formula is C20H22N2O2. The van der Waals surface area contributed by atoms with Crippen molar-refractivity contribution in [1.29, 1.82) is 5.26 Å². The fourth-order valence-corrected chi connectivity index (χ4v) is 4.11. The molecular weight excluding hydrogens is 300 g/mol. The number of aldehydes is 1. The van der Waals surface area contributed by atoms with E-state index in [1.807, 2.05) is 16.7 Å². The van der Waals surface area contributed by atoms with Crippen LogP contribution in [0.1, 0.15) is 67.1 Å². The van der Waals surface area contributed by atoms with Gasteiger partial charge in [0.15, 0.2) is 6.29 Å². The van der Waals surface area contributed by atoms with E-state index in [-0.39, 0.29) is 5.60 Å². The van der Waals surface area contributed by atoms with Gasteiger partial charge in [-0.3, -0.25) is 4.79 Å². The summed E-state index contributed by atoms with van der Waals surface area (Å²) in [5, 5.41) is 9.53. The summed E-state index contributed by atoms with van der Waals surface area (Å²) in [6.07, 6.45) is 6.62. The van der Waals surface area contributed by atoms with Gasteiger partial charge in [0, 0.05) is 23.9 Å². The number of aromatic nitrogens is 1. The van der Waals surface area contributed by atoms with Crippen LogP contribution in [-0.2, 0) is 10.2 Å². The molecule has 2 aromatic rings. The number of nitriles is 1. The zero-order chi connectivity index (χ0) is 16.9. The van der Waals surface area contributed by atoms with Gasteiger partial charge in [-0.1, -0.05) is 0 Å². The Kier molecular flexibility index (Phi) is 3.33. The molecule has 0 spiro atoms. The summed E-state index contributed by atoms with van der Waals surface area (Å²) in [6.45, 7) is 5.06. The molecule has 2 fully saturated rings. The van der Waals surface area contributed by atoms with Crippen molar-refractivity contribution < 1.29 is 9.53 Å². The van der Waals surface area contributed by atoms with Crippen LogP contribution in [0.2, 0.25) is 0 Å². The lowest BCUT2D eigenvalue weighted by Crippen LogP contribution is -2.33. The molecule has 0 N–H and O–H groups in total. The Morgan fingerprint density at radius 1 is 1.38 bits per heavy atom. The van der Waals surface area contributed by atoms with E-state index in [2.05, 4.69) is 32.0 Å². The van der Waals surface area contributed by atoms with E-state index in [0.29, 0.717) is 11.5 Å². The van der Waals surface area contributed by atoms with E-state index >= 15 is 0 Å². The molecule has 4 rings (SSSR count). The Balaban J connectivity index is 1.77. The lowest BCUT2D eigenvalue weighted by atomic mass is 9.84. The number of carbonyl (C=O) groups is 1. The van der Waals surface area contributed by atoms with Crippen molar-refractivity contribution in [2.45, 2.75) is 56.5 Å². The van der Waals surface area contributed by atoms with Gasteiger partial charge >= 0.3 is 0 Å². The zero-order valence-corrected chi connectivity index (χ0v) is 14.2. The molecule has 0 amide bonds. The maximum Gasteiger partial charge on any atom is 0.151 e. The first kappa shape index (κ1) is 15.4. The number of carbonyl (C=O) groups excluding carboxylic acids is 1. The van der Waals surface area contributed by atoms with Crippen LogP contribution in [-0.4, -0.2) is 22.9 Å². The average Bonchev–Trinajstić information content (AvgIpc) is 3.26. The molecule has 1 unspecified atom stereocenters. The fraction of sp³-hybridized carbons (Fsp3) is 0.500. The van der Waals surface area contributed by atoms with Gasteiger partial charge in [0.1, 0.15) is 0 Å². The minimum atomic E-state index is -0.467. The second-order valence-electron chi connectivity index (χ2n) is 7.81. The van der Waals surface area contributed by atoms with Crippen LogP contribution in [0, 0.1) is 11.3 Å². The van der Waals surface area contributed by atoms with Crippen LogP contribution in [0.4, 0.5) is 0 Å². The highest BCUT2D eigenvalue weighted by atomic mass is 16.5. The molecule has 1 atom stereocenters. The second-order valence-corrected chi connectivity index (χ2v) is 7.81. The third kappa shape index (κ3) is 2.35. The minimum absolute atomic E-state index is 0.0883. The van der Waals surface area contributed by atoms with Crippen LogP contribution in [0.15, 0.2) is 24.4 Å². The number of rotatable bonds is 3. The first-order valence-corrected chi connectivity index (χ1v) is 8.64. The van der Waals surface area contributed by atoms with Gasteiger partial charge in [-0.2, -0.15) is 5.26 Å². The predicted molar refractivity (Wildman–Crippen MR) is 91.3 cm³/mol.